The third-order valence-corrected chi connectivity index (χ3v) is 7.08. The van der Waals surface area contributed by atoms with Crippen molar-refractivity contribution in [2.75, 3.05) is 5.43 Å². The molecule has 250 valence electrons. The van der Waals surface area contributed by atoms with Crippen molar-refractivity contribution in [3.63, 3.8) is 0 Å². The molecule has 0 saturated carbocycles. The van der Waals surface area contributed by atoms with Gasteiger partial charge < -0.3 is 20.8 Å². The van der Waals surface area contributed by atoms with E-state index >= 15 is 0 Å². The van der Waals surface area contributed by atoms with Gasteiger partial charge in [-0.2, -0.15) is 0 Å². The quantitative estimate of drug-likeness (QED) is 0.0798. The number of carboxylic acids is 2. The number of aryl methyl sites for hydroxylation is 4. The molecule has 12 heteroatoms. The summed E-state index contributed by atoms with van der Waals surface area (Å²) in [5, 5.41) is 30.9. The molecule has 48 heavy (non-hydrogen) atoms. The highest BCUT2D eigenvalue weighted by atomic mass is 16.4. The minimum atomic E-state index is -1.12. The van der Waals surface area contributed by atoms with Crippen LogP contribution in [0.25, 0.3) is 0 Å². The van der Waals surface area contributed by atoms with Crippen molar-refractivity contribution in [3.8, 4) is 0 Å². The maximum atomic E-state index is 12.0. The average molecular weight is 653 g/mol. The number of azo groups is 1. The summed E-state index contributed by atoms with van der Waals surface area (Å²) in [5.74, 6) is -2.20. The van der Waals surface area contributed by atoms with Gasteiger partial charge in [0.05, 0.1) is 11.4 Å². The summed E-state index contributed by atoms with van der Waals surface area (Å²) in [6, 6.07) is 26.2. The first kappa shape index (κ1) is 36.4. The summed E-state index contributed by atoms with van der Waals surface area (Å²) in [6.45, 7) is 7.64. The van der Waals surface area contributed by atoms with Crippen molar-refractivity contribution < 1.29 is 29.4 Å². The van der Waals surface area contributed by atoms with Crippen LogP contribution < -0.4 is 21.5 Å². The number of urea groups is 2. The normalized spacial score (nSPS) is 11.8. The highest BCUT2D eigenvalue weighted by Gasteiger charge is 2.21. The molecule has 4 amide bonds. The van der Waals surface area contributed by atoms with Gasteiger partial charge in [-0.15, -0.1) is 5.11 Å². The minimum absolute atomic E-state index is 0.181. The number of carbonyl (C=O) groups excluding carboxylic acids is 2. The fourth-order valence-corrected chi connectivity index (χ4v) is 4.39. The second kappa shape index (κ2) is 18.2. The summed E-state index contributed by atoms with van der Waals surface area (Å²) < 4.78 is 0. The molecule has 2 unspecified atom stereocenters. The molecule has 0 aliphatic rings. The van der Waals surface area contributed by atoms with E-state index in [-0.39, 0.29) is 12.8 Å². The molecule has 0 heterocycles. The number of nitrogens with one attached hydrogen (secondary N) is 4. The van der Waals surface area contributed by atoms with E-state index in [1.54, 1.807) is 12.1 Å². The van der Waals surface area contributed by atoms with Gasteiger partial charge in [-0.25, -0.2) is 19.2 Å². The van der Waals surface area contributed by atoms with Gasteiger partial charge in [0.2, 0.25) is 0 Å². The summed E-state index contributed by atoms with van der Waals surface area (Å²) in [7, 11) is 0. The van der Waals surface area contributed by atoms with E-state index in [0.29, 0.717) is 5.69 Å². The number of benzene rings is 4. The molecule has 6 N–H and O–H groups in total. The predicted molar refractivity (Wildman–Crippen MR) is 183 cm³/mol. The van der Waals surface area contributed by atoms with Gasteiger partial charge in [0.25, 0.3) is 0 Å². The van der Waals surface area contributed by atoms with E-state index in [2.05, 4.69) is 31.7 Å². The van der Waals surface area contributed by atoms with Crippen LogP contribution in [0.2, 0.25) is 0 Å². The van der Waals surface area contributed by atoms with Crippen molar-refractivity contribution in [1.82, 2.24) is 16.1 Å². The van der Waals surface area contributed by atoms with Gasteiger partial charge in [0.15, 0.2) is 0 Å². The van der Waals surface area contributed by atoms with E-state index < -0.39 is 36.1 Å². The number of amides is 4. The Kier molecular flexibility index (Phi) is 13.8. The Bertz CT molecular complexity index is 1730. The number of carbonyl (C=O) groups is 4. The Morgan fingerprint density at radius 1 is 0.646 bits per heavy atom. The number of aliphatic carboxylic acids is 2. The zero-order valence-electron chi connectivity index (χ0n) is 27.2. The second-order valence-corrected chi connectivity index (χ2v) is 11.1. The fraction of sp³-hybridized carbons (Fsp3) is 0.222. The van der Waals surface area contributed by atoms with E-state index in [0.717, 1.165) is 39.1 Å². The molecule has 0 aromatic heterocycles. The lowest BCUT2D eigenvalue weighted by Crippen LogP contribution is -2.48. The van der Waals surface area contributed by atoms with Gasteiger partial charge >= 0.3 is 24.0 Å². The molecule has 4 rings (SSSR count). The average Bonchev–Trinajstić information content (AvgIpc) is 3.06. The van der Waals surface area contributed by atoms with E-state index in [1.807, 2.05) is 113 Å². The monoisotopic (exact) mass is 652 g/mol. The third kappa shape index (κ3) is 12.4. The summed E-state index contributed by atoms with van der Waals surface area (Å²) in [5.41, 5.74) is 12.2. The molecule has 2 atom stereocenters. The molecule has 4 aromatic carbocycles. The van der Waals surface area contributed by atoms with Crippen LogP contribution in [0, 0.1) is 27.7 Å². The van der Waals surface area contributed by atoms with Gasteiger partial charge in [-0.1, -0.05) is 90.0 Å². The number of hydrogen-bond acceptors (Lipinski definition) is 6. The van der Waals surface area contributed by atoms with E-state index in [9.17, 15) is 29.4 Å². The molecule has 0 spiro atoms. The minimum Gasteiger partial charge on any atom is -0.480 e. The number of carboxylic acid groups (broad SMARTS) is 2. The standard InChI is InChI=1S/C18H21N3O3.C18H19N3O3/c2*1-12-8-9-13(2)15(10-12)20-21-18(24)19-16(17(22)23)11-14-6-4-3-5-7-14/h3-10,16,20H,11H2,1-2H3,(H,22,23)(H2,19,21,24);3-10,16H,11H2,1-2H3,(H,19,24)(H,22,23). The zero-order chi connectivity index (χ0) is 35.1. The first-order valence-electron chi connectivity index (χ1n) is 15.1. The summed E-state index contributed by atoms with van der Waals surface area (Å²) >= 11 is 0. The molecular formula is C36H40N6O6. The first-order valence-corrected chi connectivity index (χ1v) is 15.1. The number of anilines is 1. The summed E-state index contributed by atoms with van der Waals surface area (Å²) in [6.07, 6.45) is 0.397. The maximum absolute atomic E-state index is 12.0. The Hall–Kier alpha value is -6.04. The third-order valence-electron chi connectivity index (χ3n) is 7.08. The van der Waals surface area contributed by atoms with Crippen LogP contribution in [0.3, 0.4) is 0 Å². The topological polar surface area (TPSA) is 182 Å². The first-order chi connectivity index (χ1) is 22.9. The SMILES string of the molecule is Cc1ccc(C)c(N=NC(=O)NC(Cc2ccccc2)C(=O)O)c1.Cc1ccc(C)c(NNC(=O)NC(Cc2ccccc2)C(=O)O)c1. The predicted octanol–water partition coefficient (Wildman–Crippen LogP) is 6.42. The van der Waals surface area contributed by atoms with Crippen LogP contribution in [0.5, 0.6) is 0 Å². The van der Waals surface area contributed by atoms with Gasteiger partial charge in [0.1, 0.15) is 12.1 Å². The van der Waals surface area contributed by atoms with E-state index in [4.69, 9.17) is 0 Å². The van der Waals surface area contributed by atoms with Crippen LogP contribution in [-0.4, -0.2) is 46.3 Å². The van der Waals surface area contributed by atoms with Crippen LogP contribution in [0.15, 0.2) is 107 Å². The van der Waals surface area contributed by atoms with Crippen molar-refractivity contribution in [2.45, 2.75) is 52.6 Å². The molecule has 12 nitrogen and oxygen atoms in total. The number of hydrogen-bond donors (Lipinski definition) is 6. The Balaban J connectivity index is 0.000000260. The second-order valence-electron chi connectivity index (χ2n) is 11.1. The van der Waals surface area contributed by atoms with Crippen molar-refractivity contribution in [2.24, 2.45) is 10.2 Å². The molecule has 0 saturated heterocycles. The van der Waals surface area contributed by atoms with Crippen molar-refractivity contribution >= 4 is 35.4 Å². The molecule has 0 aliphatic heterocycles. The molecule has 0 fully saturated rings. The Morgan fingerprint density at radius 2 is 1.15 bits per heavy atom. The molecule has 0 radical (unpaired) electrons. The molecule has 0 bridgehead atoms. The van der Waals surface area contributed by atoms with Gasteiger partial charge in [-0.3, -0.25) is 10.9 Å². The number of rotatable bonds is 11. The maximum Gasteiger partial charge on any atom is 0.360 e. The molecular weight excluding hydrogens is 612 g/mol. The highest BCUT2D eigenvalue weighted by molar-refractivity contribution is 5.84. The highest BCUT2D eigenvalue weighted by Crippen LogP contribution is 2.20. The van der Waals surface area contributed by atoms with Crippen molar-refractivity contribution in [1.29, 1.82) is 0 Å². The molecule has 0 aliphatic carbocycles. The zero-order valence-corrected chi connectivity index (χ0v) is 27.2. The van der Waals surface area contributed by atoms with Crippen LogP contribution in [0.1, 0.15) is 33.4 Å². The van der Waals surface area contributed by atoms with Gasteiger partial charge in [-0.05, 0) is 73.2 Å². The van der Waals surface area contributed by atoms with Crippen LogP contribution in [0.4, 0.5) is 21.0 Å². The lowest BCUT2D eigenvalue weighted by atomic mass is 10.1. The van der Waals surface area contributed by atoms with Crippen molar-refractivity contribution in [3.05, 3.63) is 130 Å². The lowest BCUT2D eigenvalue weighted by molar-refractivity contribution is -0.140. The lowest BCUT2D eigenvalue weighted by Gasteiger charge is -2.17. The Labute approximate surface area is 279 Å². The fourth-order valence-electron chi connectivity index (χ4n) is 4.39. The molecule has 4 aromatic rings. The number of hydrazine groups is 1. The smallest absolute Gasteiger partial charge is 0.360 e. The van der Waals surface area contributed by atoms with Crippen LogP contribution >= 0.6 is 0 Å². The van der Waals surface area contributed by atoms with E-state index in [1.165, 1.54) is 0 Å². The van der Waals surface area contributed by atoms with Gasteiger partial charge in [0, 0.05) is 12.8 Å². The summed E-state index contributed by atoms with van der Waals surface area (Å²) in [4.78, 5) is 46.5. The number of nitrogens with zero attached hydrogens (tertiary/aromatic N) is 2. The van der Waals surface area contributed by atoms with Crippen LogP contribution in [-0.2, 0) is 22.4 Å². The largest absolute Gasteiger partial charge is 0.480 e. The Morgan fingerprint density at radius 3 is 1.69 bits per heavy atom.